The molecule has 2 heterocycles. The highest BCUT2D eigenvalue weighted by atomic mass is 32.1. The summed E-state index contributed by atoms with van der Waals surface area (Å²) in [6, 6.07) is 6.98. The number of hydrogen-bond acceptors (Lipinski definition) is 9. The minimum Gasteiger partial charge on any atom is -0.497 e. The summed E-state index contributed by atoms with van der Waals surface area (Å²) in [5.74, 6) is -1.44. The van der Waals surface area contributed by atoms with Gasteiger partial charge in [0.15, 0.2) is 0 Å². The fourth-order valence-electron chi connectivity index (χ4n) is 3.44. The second kappa shape index (κ2) is 8.99. The Labute approximate surface area is 186 Å². The van der Waals surface area contributed by atoms with E-state index in [9.17, 15) is 19.6 Å². The Morgan fingerprint density at radius 2 is 2.00 bits per heavy atom. The molecule has 0 radical (unpaired) electrons. The molecule has 1 aliphatic rings. The van der Waals surface area contributed by atoms with Crippen molar-refractivity contribution >= 4 is 40.7 Å². The quantitative estimate of drug-likeness (QED) is 0.558. The number of aromatic nitrogens is 1. The number of carbonyl (C=O) groups excluding carboxylic acids is 2. The molecule has 11 heteroatoms. The van der Waals surface area contributed by atoms with E-state index in [-0.39, 0.29) is 26.2 Å². The van der Waals surface area contributed by atoms with Crippen LogP contribution in [0.15, 0.2) is 28.6 Å². The predicted octanol–water partition coefficient (Wildman–Crippen LogP) is -0.775. The average molecular weight is 456 g/mol. The molecule has 166 valence electrons. The van der Waals surface area contributed by atoms with Crippen LogP contribution in [0.25, 0.3) is 17.5 Å². The minimum absolute atomic E-state index is 0.0100. The summed E-state index contributed by atoms with van der Waals surface area (Å²) in [5.41, 5.74) is 6.20. The first kappa shape index (κ1) is 22.6. The highest BCUT2D eigenvalue weighted by Gasteiger charge is 2.36. The number of nitrogens with two attached hydrogens (primary N) is 1. The first-order valence-corrected chi connectivity index (χ1v) is 10.0. The number of amides is 1. The number of nitriles is 1. The molecular formula is C21H20N4O6S. The monoisotopic (exact) mass is 456 g/mol. The van der Waals surface area contributed by atoms with E-state index in [1.165, 1.54) is 28.4 Å². The van der Waals surface area contributed by atoms with Gasteiger partial charge in [-0.25, -0.2) is 4.79 Å². The maximum atomic E-state index is 13.0. The number of ether oxygens (including phenoxy) is 3. The Morgan fingerprint density at radius 1 is 1.28 bits per heavy atom. The summed E-state index contributed by atoms with van der Waals surface area (Å²) >= 11 is 0.900. The third-order valence-corrected chi connectivity index (χ3v) is 6.05. The zero-order chi connectivity index (χ0) is 23.6. The molecule has 2 aromatic rings. The predicted molar refractivity (Wildman–Crippen MR) is 117 cm³/mol. The molecule has 1 aromatic carbocycles. The van der Waals surface area contributed by atoms with Gasteiger partial charge in [0.2, 0.25) is 0 Å². The zero-order valence-electron chi connectivity index (χ0n) is 17.7. The Kier molecular flexibility index (Phi) is 6.36. The van der Waals surface area contributed by atoms with Crippen molar-refractivity contribution in [3.05, 3.63) is 48.9 Å². The van der Waals surface area contributed by atoms with Crippen LogP contribution in [0.5, 0.6) is 11.5 Å². The summed E-state index contributed by atoms with van der Waals surface area (Å²) in [4.78, 5) is 37.7. The molecular weight excluding hydrogens is 436 g/mol. The second-order valence-corrected chi connectivity index (χ2v) is 7.55. The Hall–Kier alpha value is -4.04. The van der Waals surface area contributed by atoms with Gasteiger partial charge in [-0.1, -0.05) is 6.07 Å². The minimum atomic E-state index is -0.926. The number of esters is 1. The summed E-state index contributed by atoms with van der Waals surface area (Å²) in [5, 5.41) is 12.5. The second-order valence-electron chi connectivity index (χ2n) is 6.52. The lowest BCUT2D eigenvalue weighted by molar-refractivity contribution is -0.133. The van der Waals surface area contributed by atoms with Crippen LogP contribution in [0.3, 0.4) is 0 Å². The van der Waals surface area contributed by atoms with Crippen molar-refractivity contribution in [2.45, 2.75) is 5.92 Å². The van der Waals surface area contributed by atoms with Crippen LogP contribution in [0.4, 0.5) is 0 Å². The first-order chi connectivity index (χ1) is 15.3. The summed E-state index contributed by atoms with van der Waals surface area (Å²) in [7, 11) is 5.56. The maximum absolute atomic E-state index is 13.0. The SMILES string of the molecule is CNC(=O)C1=c2sc(=CC(=O)OC)c(=O)n2C(N)=C(C#N)C1c1ccc(OC)cc1OC. The van der Waals surface area contributed by atoms with Crippen LogP contribution < -0.4 is 35.3 Å². The lowest BCUT2D eigenvalue weighted by Crippen LogP contribution is -2.41. The van der Waals surface area contributed by atoms with E-state index in [0.29, 0.717) is 17.1 Å². The van der Waals surface area contributed by atoms with Gasteiger partial charge < -0.3 is 25.3 Å². The number of benzene rings is 1. The molecule has 32 heavy (non-hydrogen) atoms. The number of thiazole rings is 1. The number of allylic oxidation sites excluding steroid dienone is 1. The van der Waals surface area contributed by atoms with Crippen LogP contribution in [-0.2, 0) is 14.3 Å². The lowest BCUT2D eigenvalue weighted by Gasteiger charge is -2.26. The molecule has 10 nitrogen and oxygen atoms in total. The van der Waals surface area contributed by atoms with Gasteiger partial charge in [0.25, 0.3) is 11.5 Å². The van der Waals surface area contributed by atoms with Gasteiger partial charge in [0.05, 0.1) is 44.5 Å². The van der Waals surface area contributed by atoms with Crippen LogP contribution in [-0.4, -0.2) is 44.8 Å². The standard InChI is InChI=1S/C21H20N4O6S/c1-24-19(27)17-16(11-6-5-10(29-2)7-13(11)30-3)12(9-22)18(23)25-20(28)14(32-21(17)25)8-15(26)31-4/h5-8,16H,23H2,1-4H3,(H,24,27). The molecule has 1 amide bonds. The number of methoxy groups -OCH3 is 3. The fraction of sp³-hybridized carbons (Fsp3) is 0.238. The molecule has 0 aliphatic carbocycles. The molecule has 1 aromatic heterocycles. The third-order valence-electron chi connectivity index (χ3n) is 4.94. The molecule has 0 fully saturated rings. The fourth-order valence-corrected chi connectivity index (χ4v) is 4.57. The molecule has 0 spiro atoms. The van der Waals surface area contributed by atoms with Crippen LogP contribution in [0, 0.1) is 11.3 Å². The molecule has 3 rings (SSSR count). The number of hydrogen-bond donors (Lipinski definition) is 2. The van der Waals surface area contributed by atoms with Crippen LogP contribution >= 0.6 is 11.3 Å². The van der Waals surface area contributed by atoms with Crippen molar-refractivity contribution in [2.75, 3.05) is 28.4 Å². The first-order valence-electron chi connectivity index (χ1n) is 9.22. The Morgan fingerprint density at radius 3 is 2.56 bits per heavy atom. The molecule has 0 saturated heterocycles. The van der Waals surface area contributed by atoms with E-state index in [1.807, 2.05) is 6.07 Å². The molecule has 0 saturated carbocycles. The topological polar surface area (TPSA) is 146 Å². The smallest absolute Gasteiger partial charge is 0.332 e. The van der Waals surface area contributed by atoms with Gasteiger partial charge >= 0.3 is 5.97 Å². The number of nitrogens with zero attached hydrogens (tertiary/aromatic N) is 2. The largest absolute Gasteiger partial charge is 0.497 e. The van der Waals surface area contributed by atoms with E-state index >= 15 is 0 Å². The van der Waals surface area contributed by atoms with Crippen molar-refractivity contribution in [1.82, 2.24) is 9.88 Å². The van der Waals surface area contributed by atoms with Gasteiger partial charge in [-0.2, -0.15) is 5.26 Å². The number of fused-ring (bicyclic) bond motifs is 1. The summed E-state index contributed by atoms with van der Waals surface area (Å²) in [6.45, 7) is 0. The summed E-state index contributed by atoms with van der Waals surface area (Å²) < 4.78 is 16.6. The number of carbonyl (C=O) groups is 2. The third kappa shape index (κ3) is 3.61. The Balaban J connectivity index is 2.50. The molecule has 0 bridgehead atoms. The highest BCUT2D eigenvalue weighted by Crippen LogP contribution is 2.41. The zero-order valence-corrected chi connectivity index (χ0v) is 18.5. The van der Waals surface area contributed by atoms with E-state index < -0.39 is 23.4 Å². The normalized spacial score (nSPS) is 15.7. The van der Waals surface area contributed by atoms with Crippen LogP contribution in [0.2, 0.25) is 0 Å². The van der Waals surface area contributed by atoms with E-state index in [2.05, 4.69) is 10.1 Å². The van der Waals surface area contributed by atoms with E-state index in [0.717, 1.165) is 22.0 Å². The van der Waals surface area contributed by atoms with Crippen molar-refractivity contribution < 1.29 is 23.8 Å². The highest BCUT2D eigenvalue weighted by molar-refractivity contribution is 7.07. The molecule has 1 unspecified atom stereocenters. The lowest BCUT2D eigenvalue weighted by atomic mass is 9.83. The van der Waals surface area contributed by atoms with Gasteiger partial charge in [0.1, 0.15) is 26.5 Å². The summed E-state index contributed by atoms with van der Waals surface area (Å²) in [6.07, 6.45) is 1.02. The van der Waals surface area contributed by atoms with Crippen LogP contribution in [0.1, 0.15) is 11.5 Å². The number of nitrogens with one attached hydrogen (secondary N) is 1. The van der Waals surface area contributed by atoms with Gasteiger partial charge in [-0.15, -0.1) is 11.3 Å². The van der Waals surface area contributed by atoms with E-state index in [1.54, 1.807) is 18.2 Å². The van der Waals surface area contributed by atoms with Crippen molar-refractivity contribution in [3.8, 4) is 17.6 Å². The Bertz CT molecular complexity index is 1360. The average Bonchev–Trinajstić information content (AvgIpc) is 3.13. The molecule has 3 N–H and O–H groups in total. The van der Waals surface area contributed by atoms with Gasteiger partial charge in [-0.3, -0.25) is 14.2 Å². The van der Waals surface area contributed by atoms with Crippen molar-refractivity contribution in [3.63, 3.8) is 0 Å². The van der Waals surface area contributed by atoms with Gasteiger partial charge in [-0.05, 0) is 6.07 Å². The number of rotatable bonds is 5. The van der Waals surface area contributed by atoms with Crippen molar-refractivity contribution in [2.24, 2.45) is 5.73 Å². The molecule has 1 atom stereocenters. The van der Waals surface area contributed by atoms with E-state index in [4.69, 9.17) is 15.2 Å². The van der Waals surface area contributed by atoms with Gasteiger partial charge in [0, 0.05) is 24.8 Å². The molecule has 1 aliphatic heterocycles. The van der Waals surface area contributed by atoms with Crippen molar-refractivity contribution in [1.29, 1.82) is 5.26 Å². The maximum Gasteiger partial charge on any atom is 0.332 e.